The summed E-state index contributed by atoms with van der Waals surface area (Å²) in [5.74, 6) is 0. The van der Waals surface area contributed by atoms with Crippen LogP contribution in [0.2, 0.25) is 5.15 Å². The van der Waals surface area contributed by atoms with Gasteiger partial charge in [0.05, 0.1) is 6.61 Å². The van der Waals surface area contributed by atoms with Crippen LogP contribution in [-0.2, 0) is 6.54 Å². The molecule has 0 saturated heterocycles. The molecule has 0 aliphatic heterocycles. The highest BCUT2D eigenvalue weighted by atomic mass is 35.5. The molecule has 2 N–H and O–H groups in total. The third-order valence-electron chi connectivity index (χ3n) is 3.15. The lowest BCUT2D eigenvalue weighted by Gasteiger charge is -2.31. The van der Waals surface area contributed by atoms with Gasteiger partial charge in [0.15, 0.2) is 0 Å². The van der Waals surface area contributed by atoms with Gasteiger partial charge in [0.25, 0.3) is 0 Å². The maximum Gasteiger partial charge on any atom is 0.133 e. The number of rotatable bonds is 6. The fourth-order valence-electron chi connectivity index (χ4n) is 1.61. The Kier molecular flexibility index (Phi) is 5.19. The number of halogens is 1. The summed E-state index contributed by atoms with van der Waals surface area (Å²) in [6, 6.07) is 3.80. The van der Waals surface area contributed by atoms with Crippen LogP contribution in [0.25, 0.3) is 0 Å². The highest BCUT2D eigenvalue weighted by Crippen LogP contribution is 2.17. The van der Waals surface area contributed by atoms with Crippen LogP contribution in [0.4, 0.5) is 0 Å². The molecule has 0 fully saturated rings. The first-order chi connectivity index (χ1) is 7.67. The van der Waals surface area contributed by atoms with Crippen molar-refractivity contribution in [2.45, 2.75) is 38.8 Å². The topological polar surface area (TPSA) is 45.1 Å². The quantitative estimate of drug-likeness (QED) is 0.753. The van der Waals surface area contributed by atoms with Crippen LogP contribution < -0.4 is 5.32 Å². The Hall–Kier alpha value is -0.640. The second kappa shape index (κ2) is 6.18. The molecule has 0 amide bonds. The number of aromatic nitrogens is 1. The van der Waals surface area contributed by atoms with Crippen LogP contribution >= 0.6 is 11.6 Å². The van der Waals surface area contributed by atoms with Crippen molar-refractivity contribution < 1.29 is 5.11 Å². The van der Waals surface area contributed by atoms with Gasteiger partial charge in [0.1, 0.15) is 5.15 Å². The van der Waals surface area contributed by atoms with E-state index in [-0.39, 0.29) is 12.1 Å². The van der Waals surface area contributed by atoms with Crippen molar-refractivity contribution in [1.82, 2.24) is 10.3 Å². The van der Waals surface area contributed by atoms with Crippen LogP contribution in [0, 0.1) is 0 Å². The summed E-state index contributed by atoms with van der Waals surface area (Å²) in [5.41, 5.74) is 0.753. The van der Waals surface area contributed by atoms with Gasteiger partial charge >= 0.3 is 0 Å². The fraction of sp³-hybridized carbons (Fsp3) is 0.583. The number of pyridine rings is 1. The number of aliphatic hydroxyl groups excluding tert-OH is 1. The second-order valence-corrected chi connectivity index (χ2v) is 4.31. The first-order valence-corrected chi connectivity index (χ1v) is 6.00. The molecule has 16 heavy (non-hydrogen) atoms. The first-order valence-electron chi connectivity index (χ1n) is 5.62. The van der Waals surface area contributed by atoms with Gasteiger partial charge in [-0.2, -0.15) is 0 Å². The summed E-state index contributed by atoms with van der Waals surface area (Å²) in [6.07, 6.45) is 3.44. The minimum atomic E-state index is -0.209. The van der Waals surface area contributed by atoms with E-state index in [1.54, 1.807) is 6.20 Å². The smallest absolute Gasteiger partial charge is 0.133 e. The average molecular weight is 243 g/mol. The zero-order valence-corrected chi connectivity index (χ0v) is 10.6. The van der Waals surface area contributed by atoms with E-state index in [0.29, 0.717) is 11.7 Å². The van der Waals surface area contributed by atoms with Crippen molar-refractivity contribution in [3.05, 3.63) is 29.0 Å². The Morgan fingerprint density at radius 3 is 2.62 bits per heavy atom. The van der Waals surface area contributed by atoms with Gasteiger partial charge in [-0.3, -0.25) is 0 Å². The molecule has 1 heterocycles. The van der Waals surface area contributed by atoms with Crippen LogP contribution in [0.15, 0.2) is 18.3 Å². The Bertz CT molecular complexity index is 318. The normalized spacial score (nSPS) is 11.8. The summed E-state index contributed by atoms with van der Waals surface area (Å²) in [7, 11) is 0. The molecule has 0 radical (unpaired) electrons. The lowest BCUT2D eigenvalue weighted by Crippen LogP contribution is -2.47. The van der Waals surface area contributed by atoms with E-state index in [0.717, 1.165) is 18.4 Å². The van der Waals surface area contributed by atoms with Crippen molar-refractivity contribution in [3.63, 3.8) is 0 Å². The molecule has 4 heteroatoms. The van der Waals surface area contributed by atoms with Crippen LogP contribution in [0.3, 0.4) is 0 Å². The zero-order chi connectivity index (χ0) is 12.0. The number of hydrogen-bond acceptors (Lipinski definition) is 3. The molecule has 0 spiro atoms. The molecule has 1 rings (SSSR count). The molecule has 0 aliphatic carbocycles. The monoisotopic (exact) mass is 242 g/mol. The van der Waals surface area contributed by atoms with E-state index in [2.05, 4.69) is 24.1 Å². The molecule has 0 aromatic carbocycles. The molecule has 0 saturated carbocycles. The molecule has 1 aromatic rings. The number of aliphatic hydroxyl groups is 1. The summed E-state index contributed by atoms with van der Waals surface area (Å²) in [4.78, 5) is 4.02. The van der Waals surface area contributed by atoms with E-state index in [1.807, 2.05) is 12.1 Å². The van der Waals surface area contributed by atoms with Crippen LogP contribution in [0.1, 0.15) is 32.3 Å². The molecule has 90 valence electrons. The van der Waals surface area contributed by atoms with E-state index >= 15 is 0 Å². The van der Waals surface area contributed by atoms with Crippen molar-refractivity contribution in [2.24, 2.45) is 0 Å². The molecule has 3 nitrogen and oxygen atoms in total. The average Bonchev–Trinajstić information content (AvgIpc) is 2.34. The lowest BCUT2D eigenvalue weighted by atomic mass is 9.93. The fourth-order valence-corrected chi connectivity index (χ4v) is 1.80. The Morgan fingerprint density at radius 1 is 1.44 bits per heavy atom. The van der Waals surface area contributed by atoms with Crippen molar-refractivity contribution in [1.29, 1.82) is 0 Å². The zero-order valence-electron chi connectivity index (χ0n) is 9.83. The Morgan fingerprint density at radius 2 is 2.12 bits per heavy atom. The summed E-state index contributed by atoms with van der Waals surface area (Å²) in [5, 5.41) is 13.3. The van der Waals surface area contributed by atoms with Crippen LogP contribution in [0.5, 0.6) is 0 Å². The predicted molar refractivity (Wildman–Crippen MR) is 66.5 cm³/mol. The Balaban J connectivity index is 2.66. The van der Waals surface area contributed by atoms with Gasteiger partial charge in [-0.15, -0.1) is 0 Å². The molecule has 0 bridgehead atoms. The largest absolute Gasteiger partial charge is 0.394 e. The third kappa shape index (κ3) is 3.17. The van der Waals surface area contributed by atoms with E-state index in [1.165, 1.54) is 0 Å². The van der Waals surface area contributed by atoms with Gasteiger partial charge in [0, 0.05) is 23.8 Å². The lowest BCUT2D eigenvalue weighted by molar-refractivity contribution is 0.149. The molecule has 1 aromatic heterocycles. The van der Waals surface area contributed by atoms with Gasteiger partial charge in [-0.05, 0) is 18.9 Å². The highest BCUT2D eigenvalue weighted by Gasteiger charge is 2.24. The van der Waals surface area contributed by atoms with E-state index in [4.69, 9.17) is 11.6 Å². The van der Waals surface area contributed by atoms with E-state index in [9.17, 15) is 5.11 Å². The van der Waals surface area contributed by atoms with Crippen molar-refractivity contribution >= 4 is 11.6 Å². The molecular weight excluding hydrogens is 224 g/mol. The number of hydrogen-bond donors (Lipinski definition) is 2. The van der Waals surface area contributed by atoms with Crippen LogP contribution in [-0.4, -0.2) is 22.2 Å². The van der Waals surface area contributed by atoms with Crippen molar-refractivity contribution in [2.75, 3.05) is 6.61 Å². The first kappa shape index (κ1) is 13.4. The molecule has 0 unspecified atom stereocenters. The van der Waals surface area contributed by atoms with Gasteiger partial charge < -0.3 is 10.4 Å². The third-order valence-corrected chi connectivity index (χ3v) is 3.49. The second-order valence-electron chi connectivity index (χ2n) is 3.95. The number of nitrogens with one attached hydrogen (secondary N) is 1. The highest BCUT2D eigenvalue weighted by molar-refractivity contribution is 6.30. The SMILES string of the molecule is CCC(CC)(CO)NCc1cccnc1Cl. The summed E-state index contributed by atoms with van der Waals surface area (Å²) >= 11 is 5.97. The molecule has 0 aliphatic rings. The minimum absolute atomic E-state index is 0.137. The standard InChI is InChI=1S/C12H19ClN2O/c1-3-12(4-2,9-16)15-8-10-6-5-7-14-11(10)13/h5-7,15-16H,3-4,8-9H2,1-2H3. The van der Waals surface area contributed by atoms with Crippen molar-refractivity contribution in [3.8, 4) is 0 Å². The maximum absolute atomic E-state index is 9.41. The molecular formula is C12H19ClN2O. The predicted octanol–water partition coefficient (Wildman–Crippen LogP) is 2.38. The number of nitrogens with zero attached hydrogens (tertiary/aromatic N) is 1. The molecule has 0 atom stereocenters. The Labute approximate surface area is 102 Å². The van der Waals surface area contributed by atoms with E-state index < -0.39 is 0 Å². The maximum atomic E-state index is 9.41. The summed E-state index contributed by atoms with van der Waals surface area (Å²) in [6.45, 7) is 4.90. The van der Waals surface area contributed by atoms with Gasteiger partial charge in [-0.25, -0.2) is 4.98 Å². The van der Waals surface area contributed by atoms with Gasteiger partial charge in [0.2, 0.25) is 0 Å². The van der Waals surface area contributed by atoms with Gasteiger partial charge in [-0.1, -0.05) is 31.5 Å². The minimum Gasteiger partial charge on any atom is -0.394 e. The summed E-state index contributed by atoms with van der Waals surface area (Å²) < 4.78 is 0.